The highest BCUT2D eigenvalue weighted by Crippen LogP contribution is 2.34. The summed E-state index contributed by atoms with van der Waals surface area (Å²) in [6.45, 7) is 2.13. The van der Waals surface area contributed by atoms with E-state index in [0.29, 0.717) is 12.1 Å². The van der Waals surface area contributed by atoms with Crippen LogP contribution in [0, 0.1) is 0 Å². The molecule has 0 aliphatic carbocycles. The summed E-state index contributed by atoms with van der Waals surface area (Å²) in [5, 5.41) is 3.80. The summed E-state index contributed by atoms with van der Waals surface area (Å²) < 4.78 is 43.9. The fourth-order valence-electron chi connectivity index (χ4n) is 3.15. The van der Waals surface area contributed by atoms with Crippen molar-refractivity contribution in [3.8, 4) is 22.8 Å². The number of fused-ring (bicyclic) bond motifs is 1. The van der Waals surface area contributed by atoms with Crippen molar-refractivity contribution in [3.05, 3.63) is 53.6 Å². The Kier molecular flexibility index (Phi) is 3.98. The van der Waals surface area contributed by atoms with Crippen LogP contribution in [-0.4, -0.2) is 22.6 Å². The normalized spacial score (nSPS) is 13.7. The molecule has 1 aliphatic rings. The molecule has 2 aromatic carbocycles. The molecule has 0 spiro atoms. The number of hydrogen-bond donors (Lipinski definition) is 0. The van der Waals surface area contributed by atoms with Gasteiger partial charge in [-0.15, -0.1) is 0 Å². The van der Waals surface area contributed by atoms with E-state index in [9.17, 15) is 18.0 Å². The smallest absolute Gasteiger partial charge is 0.334 e. The fourth-order valence-corrected chi connectivity index (χ4v) is 3.15. The van der Waals surface area contributed by atoms with E-state index in [-0.39, 0.29) is 23.2 Å². The maximum atomic E-state index is 12.9. The van der Waals surface area contributed by atoms with Crippen molar-refractivity contribution in [1.82, 2.24) is 10.1 Å². The number of halogens is 3. The van der Waals surface area contributed by atoms with Gasteiger partial charge in [0.1, 0.15) is 0 Å². The molecule has 4 rings (SSSR count). The van der Waals surface area contributed by atoms with Crippen molar-refractivity contribution in [2.24, 2.45) is 0 Å². The summed E-state index contributed by atoms with van der Waals surface area (Å²) >= 11 is 0. The Morgan fingerprint density at radius 1 is 1.15 bits per heavy atom. The van der Waals surface area contributed by atoms with Gasteiger partial charge in [0.15, 0.2) is 0 Å². The monoisotopic (exact) mass is 373 g/mol. The lowest BCUT2D eigenvalue weighted by Gasteiger charge is -2.14. The van der Waals surface area contributed by atoms with E-state index in [0.717, 1.165) is 29.8 Å². The zero-order valence-corrected chi connectivity index (χ0v) is 14.2. The minimum absolute atomic E-state index is 0.0221. The lowest BCUT2D eigenvalue weighted by atomic mass is 10.1. The van der Waals surface area contributed by atoms with Crippen LogP contribution in [-0.2, 0) is 17.4 Å². The van der Waals surface area contributed by atoms with Crippen molar-refractivity contribution < 1.29 is 22.5 Å². The van der Waals surface area contributed by atoms with Gasteiger partial charge in [-0.05, 0) is 42.3 Å². The van der Waals surface area contributed by atoms with Crippen molar-refractivity contribution in [2.75, 3.05) is 11.4 Å². The molecule has 27 heavy (non-hydrogen) atoms. The van der Waals surface area contributed by atoms with E-state index in [1.807, 2.05) is 12.1 Å². The van der Waals surface area contributed by atoms with E-state index < -0.39 is 11.7 Å². The Hall–Kier alpha value is -3.16. The highest BCUT2D eigenvalue weighted by Gasteiger charge is 2.31. The Morgan fingerprint density at radius 2 is 1.96 bits per heavy atom. The number of alkyl halides is 3. The molecule has 0 fully saturated rings. The SMILES string of the molecule is CC(=O)N1CCc2cc(-c3nc(-c4cccc(C(F)(F)F)c4)no3)ccc21. The van der Waals surface area contributed by atoms with Crippen LogP contribution in [0.5, 0.6) is 0 Å². The molecule has 0 bridgehead atoms. The predicted octanol–water partition coefficient (Wildman–Crippen LogP) is 4.33. The van der Waals surface area contributed by atoms with Crippen molar-refractivity contribution in [3.63, 3.8) is 0 Å². The van der Waals surface area contributed by atoms with Gasteiger partial charge in [0, 0.05) is 30.3 Å². The van der Waals surface area contributed by atoms with Gasteiger partial charge in [-0.2, -0.15) is 18.2 Å². The molecular formula is C19H14F3N3O2. The maximum absolute atomic E-state index is 12.9. The van der Waals surface area contributed by atoms with Gasteiger partial charge in [-0.1, -0.05) is 17.3 Å². The Morgan fingerprint density at radius 3 is 2.70 bits per heavy atom. The van der Waals surface area contributed by atoms with Crippen LogP contribution in [0.1, 0.15) is 18.1 Å². The van der Waals surface area contributed by atoms with Gasteiger partial charge in [0.2, 0.25) is 11.7 Å². The van der Waals surface area contributed by atoms with Crippen LogP contribution in [0.2, 0.25) is 0 Å². The molecule has 0 N–H and O–H groups in total. The van der Waals surface area contributed by atoms with E-state index >= 15 is 0 Å². The van der Waals surface area contributed by atoms with Gasteiger partial charge in [-0.3, -0.25) is 4.79 Å². The molecule has 0 atom stereocenters. The van der Waals surface area contributed by atoms with Crippen molar-refractivity contribution >= 4 is 11.6 Å². The number of carbonyl (C=O) groups excluding carboxylic acids is 1. The van der Waals surface area contributed by atoms with Crippen LogP contribution >= 0.6 is 0 Å². The van der Waals surface area contributed by atoms with E-state index in [1.54, 1.807) is 11.0 Å². The second kappa shape index (κ2) is 6.22. The minimum Gasteiger partial charge on any atom is -0.334 e. The Labute approximate surface area is 152 Å². The molecule has 0 unspecified atom stereocenters. The number of nitrogens with zero attached hydrogens (tertiary/aromatic N) is 3. The standard InChI is InChI=1S/C19H14F3N3O2/c1-11(26)25-8-7-12-9-14(5-6-16(12)25)18-23-17(24-27-18)13-3-2-4-15(10-13)19(20,21)22/h2-6,9-10H,7-8H2,1H3. The average Bonchev–Trinajstić information content (AvgIpc) is 3.28. The summed E-state index contributed by atoms with van der Waals surface area (Å²) in [5.41, 5.74) is 1.95. The van der Waals surface area contributed by atoms with Gasteiger partial charge in [-0.25, -0.2) is 0 Å². The van der Waals surface area contributed by atoms with Crippen LogP contribution in [0.25, 0.3) is 22.8 Å². The Balaban J connectivity index is 1.65. The summed E-state index contributed by atoms with van der Waals surface area (Å²) in [7, 11) is 0. The molecule has 5 nitrogen and oxygen atoms in total. The summed E-state index contributed by atoms with van der Waals surface area (Å²) in [4.78, 5) is 17.6. The number of benzene rings is 2. The zero-order chi connectivity index (χ0) is 19.2. The number of aromatic nitrogens is 2. The first-order valence-corrected chi connectivity index (χ1v) is 8.25. The topological polar surface area (TPSA) is 59.2 Å². The molecular weight excluding hydrogens is 359 g/mol. The molecule has 0 saturated heterocycles. The number of hydrogen-bond acceptors (Lipinski definition) is 4. The molecule has 1 amide bonds. The third-order valence-electron chi connectivity index (χ3n) is 4.48. The third kappa shape index (κ3) is 3.18. The molecule has 2 heterocycles. The fraction of sp³-hybridized carbons (Fsp3) is 0.211. The second-order valence-corrected chi connectivity index (χ2v) is 6.27. The Bertz CT molecular complexity index is 1030. The lowest BCUT2D eigenvalue weighted by Crippen LogP contribution is -2.25. The largest absolute Gasteiger partial charge is 0.416 e. The quantitative estimate of drug-likeness (QED) is 0.671. The number of amides is 1. The van der Waals surface area contributed by atoms with Crippen LogP contribution < -0.4 is 4.90 Å². The van der Waals surface area contributed by atoms with E-state index in [4.69, 9.17) is 4.52 Å². The molecule has 138 valence electrons. The second-order valence-electron chi connectivity index (χ2n) is 6.27. The highest BCUT2D eigenvalue weighted by molar-refractivity contribution is 5.94. The molecule has 1 aromatic heterocycles. The van der Waals surface area contributed by atoms with Gasteiger partial charge in [0.25, 0.3) is 5.89 Å². The molecule has 8 heteroatoms. The molecule has 1 aliphatic heterocycles. The van der Waals surface area contributed by atoms with E-state index in [1.165, 1.54) is 19.1 Å². The van der Waals surface area contributed by atoms with Crippen LogP contribution in [0.15, 0.2) is 47.0 Å². The predicted molar refractivity (Wildman–Crippen MR) is 91.9 cm³/mol. The third-order valence-corrected chi connectivity index (χ3v) is 4.48. The van der Waals surface area contributed by atoms with Gasteiger partial charge >= 0.3 is 6.18 Å². The van der Waals surface area contributed by atoms with Crippen molar-refractivity contribution in [1.29, 1.82) is 0 Å². The summed E-state index contributed by atoms with van der Waals surface area (Å²) in [6.07, 6.45) is -3.72. The highest BCUT2D eigenvalue weighted by atomic mass is 19.4. The lowest BCUT2D eigenvalue weighted by molar-refractivity contribution is -0.137. The average molecular weight is 373 g/mol. The summed E-state index contributed by atoms with van der Waals surface area (Å²) in [5.74, 6) is 0.277. The number of rotatable bonds is 2. The summed E-state index contributed by atoms with van der Waals surface area (Å²) in [6, 6.07) is 10.2. The van der Waals surface area contributed by atoms with Gasteiger partial charge < -0.3 is 9.42 Å². The van der Waals surface area contributed by atoms with Crippen LogP contribution in [0.4, 0.5) is 18.9 Å². The molecule has 3 aromatic rings. The number of carbonyl (C=O) groups is 1. The van der Waals surface area contributed by atoms with E-state index in [2.05, 4.69) is 10.1 Å². The van der Waals surface area contributed by atoms with Gasteiger partial charge in [0.05, 0.1) is 5.56 Å². The van der Waals surface area contributed by atoms with Crippen LogP contribution in [0.3, 0.4) is 0 Å². The first-order chi connectivity index (χ1) is 12.8. The first-order valence-electron chi connectivity index (χ1n) is 8.25. The molecule has 0 radical (unpaired) electrons. The molecule has 0 saturated carbocycles. The first kappa shape index (κ1) is 17.3. The zero-order valence-electron chi connectivity index (χ0n) is 14.2. The maximum Gasteiger partial charge on any atom is 0.416 e. The minimum atomic E-state index is -4.44. The van der Waals surface area contributed by atoms with Crippen molar-refractivity contribution in [2.45, 2.75) is 19.5 Å². The number of anilines is 1.